The van der Waals surface area contributed by atoms with Crippen LogP contribution in [0.25, 0.3) is 11.0 Å². The van der Waals surface area contributed by atoms with Gasteiger partial charge in [-0.1, -0.05) is 11.6 Å². The third-order valence-corrected chi connectivity index (χ3v) is 7.12. The first-order valence-electron chi connectivity index (χ1n) is 9.44. The molecule has 4 nitrogen and oxygen atoms in total. The van der Waals surface area contributed by atoms with E-state index in [1.807, 2.05) is 31.9 Å². The van der Waals surface area contributed by atoms with Crippen LogP contribution in [-0.2, 0) is 11.2 Å². The van der Waals surface area contributed by atoms with E-state index in [0.29, 0.717) is 18.3 Å². The largest absolute Gasteiger partial charge is 0.464 e. The molecule has 1 amide bonds. The fourth-order valence-corrected chi connectivity index (χ4v) is 5.25. The summed E-state index contributed by atoms with van der Waals surface area (Å²) >= 11 is 6.40. The number of aliphatic hydroxyl groups is 1. The second-order valence-corrected chi connectivity index (χ2v) is 8.60. The Morgan fingerprint density at radius 3 is 2.58 bits per heavy atom. The predicted molar refractivity (Wildman–Crippen MR) is 102 cm³/mol. The minimum Gasteiger partial charge on any atom is -0.464 e. The number of likely N-dealkylation sites (N-methyl/N-ethyl adjacent to an activating group) is 1. The molecule has 0 radical (unpaired) electrons. The van der Waals surface area contributed by atoms with Crippen molar-refractivity contribution in [2.45, 2.75) is 58.1 Å². The van der Waals surface area contributed by atoms with Crippen LogP contribution in [0.5, 0.6) is 0 Å². The van der Waals surface area contributed by atoms with E-state index in [1.165, 1.54) is 0 Å². The number of rotatable bonds is 3. The highest BCUT2D eigenvalue weighted by atomic mass is 35.5. The van der Waals surface area contributed by atoms with E-state index in [9.17, 15) is 9.90 Å². The molecule has 2 aliphatic rings. The highest BCUT2D eigenvalue weighted by Gasteiger charge is 2.43. The number of nitrogens with zero attached hydrogens (tertiary/aromatic N) is 1. The van der Waals surface area contributed by atoms with Crippen molar-refractivity contribution < 1.29 is 14.3 Å². The maximum absolute atomic E-state index is 12.9. The van der Waals surface area contributed by atoms with Gasteiger partial charge in [0.2, 0.25) is 5.91 Å². The molecule has 0 aliphatic heterocycles. The summed E-state index contributed by atoms with van der Waals surface area (Å²) in [6, 6.07) is 2.22. The first-order valence-corrected chi connectivity index (χ1v) is 9.82. The fourth-order valence-electron chi connectivity index (χ4n) is 5.10. The molecule has 2 saturated carbocycles. The molecule has 2 aromatic rings. The SMILES string of the molecule is Cc1cc2occ(CC(=O)N(C)C3C[C@H]4CC(O)C[C@H]4C3)c2c(C)c1Cl. The summed E-state index contributed by atoms with van der Waals surface area (Å²) in [5.41, 5.74) is 3.66. The van der Waals surface area contributed by atoms with Crippen LogP contribution >= 0.6 is 11.6 Å². The van der Waals surface area contributed by atoms with Gasteiger partial charge < -0.3 is 14.4 Å². The second kappa shape index (κ2) is 6.58. The van der Waals surface area contributed by atoms with Crippen molar-refractivity contribution >= 4 is 28.5 Å². The molecule has 0 bridgehead atoms. The molecule has 2 unspecified atom stereocenters. The normalized spacial score (nSPS) is 27.9. The van der Waals surface area contributed by atoms with Crippen molar-refractivity contribution in [3.05, 3.63) is 34.0 Å². The van der Waals surface area contributed by atoms with E-state index >= 15 is 0 Å². The van der Waals surface area contributed by atoms with Gasteiger partial charge in [0.05, 0.1) is 18.8 Å². The molecule has 2 fully saturated rings. The number of amides is 1. The minimum absolute atomic E-state index is 0.120. The summed E-state index contributed by atoms with van der Waals surface area (Å²) in [4.78, 5) is 14.8. The van der Waals surface area contributed by atoms with Crippen molar-refractivity contribution in [2.75, 3.05) is 7.05 Å². The zero-order valence-electron chi connectivity index (χ0n) is 15.6. The van der Waals surface area contributed by atoms with Crippen molar-refractivity contribution in [3.8, 4) is 0 Å². The number of aliphatic hydroxyl groups excluding tert-OH is 1. The van der Waals surface area contributed by atoms with Crippen LogP contribution in [0.15, 0.2) is 16.7 Å². The Bertz CT molecular complexity index is 845. The van der Waals surface area contributed by atoms with Crippen molar-refractivity contribution in [1.82, 2.24) is 4.90 Å². The van der Waals surface area contributed by atoms with E-state index in [1.54, 1.807) is 6.26 Å². The smallest absolute Gasteiger partial charge is 0.227 e. The Kier molecular flexibility index (Phi) is 4.52. The average molecular weight is 376 g/mol. The monoisotopic (exact) mass is 375 g/mol. The van der Waals surface area contributed by atoms with Crippen LogP contribution in [0, 0.1) is 25.7 Å². The zero-order valence-corrected chi connectivity index (χ0v) is 16.3. The van der Waals surface area contributed by atoms with Gasteiger partial charge in [0.25, 0.3) is 0 Å². The lowest BCUT2D eigenvalue weighted by molar-refractivity contribution is -0.131. The molecule has 4 rings (SSSR count). The molecule has 1 heterocycles. The third kappa shape index (κ3) is 2.93. The van der Waals surface area contributed by atoms with Crippen LogP contribution in [0.3, 0.4) is 0 Å². The van der Waals surface area contributed by atoms with Crippen molar-refractivity contribution in [1.29, 1.82) is 0 Å². The number of hydrogen-bond acceptors (Lipinski definition) is 3. The number of halogens is 1. The van der Waals surface area contributed by atoms with Gasteiger partial charge in [-0.05, 0) is 68.6 Å². The molecule has 140 valence electrons. The number of carbonyl (C=O) groups is 1. The standard InChI is InChI=1S/C21H26ClNO3/c1-11-4-18-20(12(2)21(11)22)15(10-26-18)9-19(25)23(3)16-5-13-7-17(24)8-14(13)6-16/h4,10,13-14,16-17,24H,5-9H2,1-3H3/t13-,14+,16?,17?. The molecule has 0 spiro atoms. The maximum Gasteiger partial charge on any atom is 0.227 e. The first-order chi connectivity index (χ1) is 12.3. The summed E-state index contributed by atoms with van der Waals surface area (Å²) in [5.74, 6) is 1.27. The lowest BCUT2D eigenvalue weighted by Gasteiger charge is -2.25. The maximum atomic E-state index is 12.9. The molecule has 4 atom stereocenters. The summed E-state index contributed by atoms with van der Waals surface area (Å²) in [7, 11) is 1.91. The highest BCUT2D eigenvalue weighted by molar-refractivity contribution is 6.33. The summed E-state index contributed by atoms with van der Waals surface area (Å²) in [5, 5.41) is 11.5. The molecule has 2 aliphatic carbocycles. The van der Waals surface area contributed by atoms with E-state index in [-0.39, 0.29) is 18.1 Å². The molecular weight excluding hydrogens is 350 g/mol. The second-order valence-electron chi connectivity index (χ2n) is 8.22. The average Bonchev–Trinajstić information content (AvgIpc) is 3.25. The van der Waals surface area contributed by atoms with Crippen LogP contribution < -0.4 is 0 Å². The Hall–Kier alpha value is -1.52. The van der Waals surface area contributed by atoms with Gasteiger partial charge in [-0.2, -0.15) is 0 Å². The number of hydrogen-bond donors (Lipinski definition) is 1. The third-order valence-electron chi connectivity index (χ3n) is 6.54. The van der Waals surface area contributed by atoms with Crippen molar-refractivity contribution in [2.24, 2.45) is 11.8 Å². The molecule has 5 heteroatoms. The molecule has 1 aromatic carbocycles. The van der Waals surface area contributed by atoms with E-state index in [0.717, 1.165) is 58.4 Å². The summed E-state index contributed by atoms with van der Waals surface area (Å²) in [6.45, 7) is 3.94. The Balaban J connectivity index is 1.50. The van der Waals surface area contributed by atoms with E-state index in [4.69, 9.17) is 16.0 Å². The molecular formula is C21H26ClNO3. The number of carbonyl (C=O) groups excluding carboxylic acids is 1. The number of furan rings is 1. The summed E-state index contributed by atoms with van der Waals surface area (Å²) in [6.07, 6.45) is 5.71. The van der Waals surface area contributed by atoms with Crippen molar-refractivity contribution in [3.63, 3.8) is 0 Å². The Labute approximate surface area is 159 Å². The van der Waals surface area contributed by atoms with Gasteiger partial charge in [-0.15, -0.1) is 0 Å². The van der Waals surface area contributed by atoms with Gasteiger partial charge in [-0.3, -0.25) is 4.79 Å². The topological polar surface area (TPSA) is 53.7 Å². The predicted octanol–water partition coefficient (Wildman–Crippen LogP) is 4.25. The van der Waals surface area contributed by atoms with Gasteiger partial charge in [0.1, 0.15) is 5.58 Å². The fraction of sp³-hybridized carbons (Fsp3) is 0.571. The van der Waals surface area contributed by atoms with Crippen LogP contribution in [-0.4, -0.2) is 35.1 Å². The van der Waals surface area contributed by atoms with Crippen LogP contribution in [0.1, 0.15) is 42.4 Å². The van der Waals surface area contributed by atoms with E-state index in [2.05, 4.69) is 0 Å². The van der Waals surface area contributed by atoms with E-state index < -0.39 is 0 Å². The molecule has 0 saturated heterocycles. The van der Waals surface area contributed by atoms with Crippen LogP contribution in [0.2, 0.25) is 5.02 Å². The first kappa shape index (κ1) is 17.9. The number of fused-ring (bicyclic) bond motifs is 2. The summed E-state index contributed by atoms with van der Waals surface area (Å²) < 4.78 is 5.69. The molecule has 26 heavy (non-hydrogen) atoms. The lowest BCUT2D eigenvalue weighted by Crippen LogP contribution is -2.37. The minimum atomic E-state index is -0.138. The zero-order chi connectivity index (χ0) is 18.6. The number of benzene rings is 1. The lowest BCUT2D eigenvalue weighted by atomic mass is 10.0. The van der Waals surface area contributed by atoms with Gasteiger partial charge in [0.15, 0.2) is 0 Å². The van der Waals surface area contributed by atoms with Gasteiger partial charge >= 0.3 is 0 Å². The quantitative estimate of drug-likeness (QED) is 0.872. The Morgan fingerprint density at radius 1 is 1.27 bits per heavy atom. The van der Waals surface area contributed by atoms with Crippen LogP contribution in [0.4, 0.5) is 0 Å². The highest BCUT2D eigenvalue weighted by Crippen LogP contribution is 2.45. The van der Waals surface area contributed by atoms with Gasteiger partial charge in [0, 0.05) is 29.1 Å². The number of aryl methyl sites for hydroxylation is 2. The molecule has 1 aromatic heterocycles. The van der Waals surface area contributed by atoms with Gasteiger partial charge in [-0.25, -0.2) is 0 Å². The Morgan fingerprint density at radius 2 is 1.92 bits per heavy atom. The molecule has 1 N–H and O–H groups in total.